The number of hydrogen-bond acceptors (Lipinski definition) is 3. The van der Waals surface area contributed by atoms with E-state index in [1.807, 2.05) is 0 Å². The largest absolute Gasteiger partial charge is 0.334 e. The van der Waals surface area contributed by atoms with E-state index in [1.165, 1.54) is 12.3 Å². The fourth-order valence-electron chi connectivity index (χ4n) is 1.64. The number of halogens is 2. The van der Waals surface area contributed by atoms with Gasteiger partial charge in [-0.15, -0.1) is 0 Å². The summed E-state index contributed by atoms with van der Waals surface area (Å²) in [5, 5.41) is 10.6. The first-order valence-corrected chi connectivity index (χ1v) is 5.27. The van der Waals surface area contributed by atoms with Crippen LogP contribution in [0.25, 0.3) is 0 Å². The van der Waals surface area contributed by atoms with E-state index in [0.29, 0.717) is 11.1 Å². The van der Waals surface area contributed by atoms with Crippen LogP contribution in [0.5, 0.6) is 0 Å². The number of H-pyrrole nitrogens is 1. The number of nitro groups is 1. The molecule has 0 fully saturated rings. The van der Waals surface area contributed by atoms with Crippen LogP contribution >= 0.6 is 0 Å². The summed E-state index contributed by atoms with van der Waals surface area (Å²) in [7, 11) is 0. The summed E-state index contributed by atoms with van der Waals surface area (Å²) in [5.74, 6) is -1.95. The quantitative estimate of drug-likeness (QED) is 0.683. The molecular formula is C12H8F2N2O3. The minimum absolute atomic E-state index is 0.148. The molecule has 0 aliphatic rings. The molecule has 0 saturated carbocycles. The van der Waals surface area contributed by atoms with Crippen molar-refractivity contribution in [3.8, 4) is 0 Å². The predicted octanol–water partition coefficient (Wildman–Crippen LogP) is 2.15. The molecule has 0 bridgehead atoms. The molecular weight excluding hydrogens is 258 g/mol. The van der Waals surface area contributed by atoms with Gasteiger partial charge in [0.05, 0.1) is 4.92 Å². The van der Waals surface area contributed by atoms with Crippen LogP contribution in [0.4, 0.5) is 14.5 Å². The van der Waals surface area contributed by atoms with Gasteiger partial charge in [-0.3, -0.25) is 14.9 Å². The van der Waals surface area contributed by atoms with Crippen molar-refractivity contribution in [1.82, 2.24) is 4.98 Å². The maximum Gasteiger partial charge on any atom is 0.334 e. The number of nitrogens with one attached hydrogen (secondary N) is 1. The molecule has 0 amide bonds. The topological polar surface area (TPSA) is 76.0 Å². The van der Waals surface area contributed by atoms with E-state index in [0.717, 1.165) is 18.2 Å². The molecule has 1 N–H and O–H groups in total. The number of benzene rings is 1. The Morgan fingerprint density at radius 1 is 1.16 bits per heavy atom. The van der Waals surface area contributed by atoms with Crippen molar-refractivity contribution < 1.29 is 13.7 Å². The van der Waals surface area contributed by atoms with E-state index in [4.69, 9.17) is 0 Å². The molecule has 2 aromatic rings. The van der Waals surface area contributed by atoms with Crippen LogP contribution in [0.1, 0.15) is 11.1 Å². The summed E-state index contributed by atoms with van der Waals surface area (Å²) in [5.41, 5.74) is -0.517. The molecule has 5 nitrogen and oxygen atoms in total. The van der Waals surface area contributed by atoms with Crippen LogP contribution in [-0.4, -0.2) is 9.91 Å². The second-order valence-electron chi connectivity index (χ2n) is 3.90. The maximum atomic E-state index is 13.0. The van der Waals surface area contributed by atoms with Crippen LogP contribution in [0.2, 0.25) is 0 Å². The zero-order valence-corrected chi connectivity index (χ0v) is 9.52. The highest BCUT2D eigenvalue weighted by molar-refractivity contribution is 5.33. The molecule has 1 aromatic carbocycles. The minimum Gasteiger partial charge on any atom is -0.323 e. The van der Waals surface area contributed by atoms with Crippen LogP contribution in [-0.2, 0) is 6.42 Å². The molecule has 0 aliphatic carbocycles. The number of hydrogen-bond donors (Lipinski definition) is 1. The number of rotatable bonds is 3. The Morgan fingerprint density at radius 3 is 2.53 bits per heavy atom. The van der Waals surface area contributed by atoms with E-state index >= 15 is 0 Å². The molecule has 98 valence electrons. The zero-order valence-electron chi connectivity index (χ0n) is 9.52. The second kappa shape index (κ2) is 4.97. The monoisotopic (exact) mass is 266 g/mol. The molecule has 7 heteroatoms. The smallest absolute Gasteiger partial charge is 0.323 e. The summed E-state index contributed by atoms with van der Waals surface area (Å²) in [6.07, 6.45) is 1.45. The van der Waals surface area contributed by atoms with Gasteiger partial charge in [0.1, 0.15) is 0 Å². The van der Waals surface area contributed by atoms with Crippen LogP contribution in [0.3, 0.4) is 0 Å². The van der Waals surface area contributed by atoms with Crippen LogP contribution in [0, 0.1) is 21.7 Å². The summed E-state index contributed by atoms with van der Waals surface area (Å²) in [6, 6.07) is 4.46. The van der Waals surface area contributed by atoms with Crippen molar-refractivity contribution in [3.05, 3.63) is 73.7 Å². The van der Waals surface area contributed by atoms with Gasteiger partial charge in [0.2, 0.25) is 0 Å². The molecule has 0 saturated heterocycles. The lowest BCUT2D eigenvalue weighted by Crippen LogP contribution is -2.11. The number of nitrogens with zero attached hydrogens (tertiary/aromatic N) is 1. The predicted molar refractivity (Wildman–Crippen MR) is 62.9 cm³/mol. The van der Waals surface area contributed by atoms with Gasteiger partial charge in [0.25, 0.3) is 0 Å². The standard InChI is InChI=1S/C12H8F2N2O3/c13-9-2-1-7(4-10(9)14)3-8-5-11(16(18)19)12(17)15-6-8/h1-2,4-6H,3H2,(H,15,17). The normalized spacial score (nSPS) is 10.4. The lowest BCUT2D eigenvalue weighted by molar-refractivity contribution is -0.386. The summed E-state index contributed by atoms with van der Waals surface area (Å²) < 4.78 is 25.8. The first kappa shape index (κ1) is 12.9. The van der Waals surface area contributed by atoms with Crippen molar-refractivity contribution in [2.24, 2.45) is 0 Å². The molecule has 0 radical (unpaired) electrons. The Labute approximate surface area is 105 Å². The fraction of sp³-hybridized carbons (Fsp3) is 0.0833. The summed E-state index contributed by atoms with van der Waals surface area (Å²) >= 11 is 0. The fourth-order valence-corrected chi connectivity index (χ4v) is 1.64. The second-order valence-corrected chi connectivity index (χ2v) is 3.90. The van der Waals surface area contributed by atoms with Crippen LogP contribution in [0.15, 0.2) is 35.3 Å². The van der Waals surface area contributed by atoms with Gasteiger partial charge in [0, 0.05) is 12.3 Å². The molecule has 2 rings (SSSR count). The summed E-state index contributed by atoms with van der Waals surface area (Å²) in [4.78, 5) is 23.2. The van der Waals surface area contributed by atoms with Crippen molar-refractivity contribution in [1.29, 1.82) is 0 Å². The maximum absolute atomic E-state index is 13.0. The third kappa shape index (κ3) is 2.82. The van der Waals surface area contributed by atoms with E-state index in [-0.39, 0.29) is 6.42 Å². The lowest BCUT2D eigenvalue weighted by atomic mass is 10.1. The van der Waals surface area contributed by atoms with Gasteiger partial charge in [0.15, 0.2) is 11.6 Å². The number of aromatic amines is 1. The number of pyridine rings is 1. The highest BCUT2D eigenvalue weighted by atomic mass is 19.2. The summed E-state index contributed by atoms with van der Waals surface area (Å²) in [6.45, 7) is 0. The van der Waals surface area contributed by atoms with Gasteiger partial charge in [-0.2, -0.15) is 0 Å². The molecule has 0 spiro atoms. The Bertz CT molecular complexity index is 698. The average molecular weight is 266 g/mol. The highest BCUT2D eigenvalue weighted by Crippen LogP contribution is 2.14. The Hall–Kier alpha value is -2.57. The van der Waals surface area contributed by atoms with Crippen molar-refractivity contribution >= 4 is 5.69 Å². The van der Waals surface area contributed by atoms with E-state index in [1.54, 1.807) is 0 Å². The molecule has 1 aromatic heterocycles. The minimum atomic E-state index is -0.989. The van der Waals surface area contributed by atoms with Gasteiger partial charge in [-0.25, -0.2) is 8.78 Å². The Balaban J connectivity index is 2.33. The Kier molecular flexibility index (Phi) is 3.37. The van der Waals surface area contributed by atoms with Gasteiger partial charge in [-0.05, 0) is 29.7 Å². The van der Waals surface area contributed by atoms with Crippen molar-refractivity contribution in [3.63, 3.8) is 0 Å². The molecule has 0 unspecified atom stereocenters. The lowest BCUT2D eigenvalue weighted by Gasteiger charge is -2.02. The average Bonchev–Trinajstić information content (AvgIpc) is 2.36. The first-order valence-electron chi connectivity index (χ1n) is 5.27. The van der Waals surface area contributed by atoms with E-state index in [9.17, 15) is 23.7 Å². The Morgan fingerprint density at radius 2 is 1.89 bits per heavy atom. The van der Waals surface area contributed by atoms with Crippen LogP contribution < -0.4 is 5.56 Å². The molecule has 19 heavy (non-hydrogen) atoms. The van der Waals surface area contributed by atoms with Crippen molar-refractivity contribution in [2.75, 3.05) is 0 Å². The zero-order chi connectivity index (χ0) is 14.0. The molecule has 0 aliphatic heterocycles. The highest BCUT2D eigenvalue weighted by Gasteiger charge is 2.13. The number of aromatic nitrogens is 1. The SMILES string of the molecule is O=c1[nH]cc(Cc2ccc(F)c(F)c2)cc1[N+](=O)[O-]. The van der Waals surface area contributed by atoms with E-state index < -0.39 is 27.8 Å². The van der Waals surface area contributed by atoms with Gasteiger partial charge in [-0.1, -0.05) is 6.07 Å². The van der Waals surface area contributed by atoms with E-state index in [2.05, 4.69) is 4.98 Å². The third-order valence-electron chi connectivity index (χ3n) is 2.53. The van der Waals surface area contributed by atoms with Crippen molar-refractivity contribution in [2.45, 2.75) is 6.42 Å². The molecule has 1 heterocycles. The third-order valence-corrected chi connectivity index (χ3v) is 2.53. The van der Waals surface area contributed by atoms with Gasteiger partial charge < -0.3 is 4.98 Å². The van der Waals surface area contributed by atoms with Gasteiger partial charge >= 0.3 is 11.2 Å². The molecule has 0 atom stereocenters. The first-order chi connectivity index (χ1) is 8.97.